The van der Waals surface area contributed by atoms with Gasteiger partial charge in [0.25, 0.3) is 15.9 Å². The fourth-order valence-corrected chi connectivity index (χ4v) is 4.53. The SMILES string of the molecule is O=C(NC1CC1)c1cccc(S(=O)(=O)N2CCc3ccccc32)c1. The molecule has 1 aliphatic heterocycles. The van der Waals surface area contributed by atoms with Crippen LogP contribution in [0.25, 0.3) is 0 Å². The Hall–Kier alpha value is -2.34. The first-order valence-electron chi connectivity index (χ1n) is 8.07. The summed E-state index contributed by atoms with van der Waals surface area (Å²) in [5, 5.41) is 2.89. The van der Waals surface area contributed by atoms with Crippen molar-refractivity contribution in [3.63, 3.8) is 0 Å². The maximum absolute atomic E-state index is 13.0. The summed E-state index contributed by atoms with van der Waals surface area (Å²) >= 11 is 0. The van der Waals surface area contributed by atoms with Crippen molar-refractivity contribution in [2.45, 2.75) is 30.2 Å². The molecule has 6 heteroatoms. The van der Waals surface area contributed by atoms with Crippen molar-refractivity contribution < 1.29 is 13.2 Å². The summed E-state index contributed by atoms with van der Waals surface area (Å²) in [6.07, 6.45) is 2.69. The van der Waals surface area contributed by atoms with E-state index < -0.39 is 10.0 Å². The molecule has 1 saturated carbocycles. The summed E-state index contributed by atoms with van der Waals surface area (Å²) in [7, 11) is -3.67. The Labute approximate surface area is 141 Å². The van der Waals surface area contributed by atoms with E-state index in [1.807, 2.05) is 24.3 Å². The van der Waals surface area contributed by atoms with E-state index in [2.05, 4.69) is 5.32 Å². The maximum Gasteiger partial charge on any atom is 0.264 e. The quantitative estimate of drug-likeness (QED) is 0.927. The molecule has 4 rings (SSSR count). The van der Waals surface area contributed by atoms with Crippen LogP contribution in [0.15, 0.2) is 53.4 Å². The summed E-state index contributed by atoms with van der Waals surface area (Å²) < 4.78 is 27.4. The van der Waals surface area contributed by atoms with Crippen molar-refractivity contribution >= 4 is 21.6 Å². The van der Waals surface area contributed by atoms with Crippen LogP contribution in [0, 0.1) is 0 Å². The topological polar surface area (TPSA) is 66.5 Å². The number of sulfonamides is 1. The first-order valence-corrected chi connectivity index (χ1v) is 9.51. The molecule has 2 aromatic carbocycles. The van der Waals surface area contributed by atoms with E-state index in [0.29, 0.717) is 18.5 Å². The number of rotatable bonds is 4. The Balaban J connectivity index is 1.66. The number of para-hydroxylation sites is 1. The lowest BCUT2D eigenvalue weighted by atomic mass is 10.2. The Morgan fingerprint density at radius 3 is 2.67 bits per heavy atom. The minimum Gasteiger partial charge on any atom is -0.349 e. The van der Waals surface area contributed by atoms with Crippen LogP contribution in [0.4, 0.5) is 5.69 Å². The zero-order chi connectivity index (χ0) is 16.7. The van der Waals surface area contributed by atoms with Gasteiger partial charge in [-0.05, 0) is 49.1 Å². The number of nitrogens with one attached hydrogen (secondary N) is 1. The van der Waals surface area contributed by atoms with Crippen molar-refractivity contribution in [3.8, 4) is 0 Å². The molecule has 0 aromatic heterocycles. The van der Waals surface area contributed by atoms with Gasteiger partial charge in [-0.25, -0.2) is 8.42 Å². The highest BCUT2D eigenvalue weighted by molar-refractivity contribution is 7.92. The van der Waals surface area contributed by atoms with Gasteiger partial charge in [-0.1, -0.05) is 24.3 Å². The van der Waals surface area contributed by atoms with Crippen LogP contribution < -0.4 is 9.62 Å². The first-order chi connectivity index (χ1) is 11.6. The third-order valence-electron chi connectivity index (χ3n) is 4.44. The summed E-state index contributed by atoms with van der Waals surface area (Å²) in [5.74, 6) is -0.212. The van der Waals surface area contributed by atoms with Gasteiger partial charge < -0.3 is 5.32 Å². The van der Waals surface area contributed by atoms with Gasteiger partial charge in [0.15, 0.2) is 0 Å². The average molecular weight is 342 g/mol. The smallest absolute Gasteiger partial charge is 0.264 e. The highest BCUT2D eigenvalue weighted by Gasteiger charge is 2.31. The molecule has 1 aliphatic carbocycles. The molecule has 1 N–H and O–H groups in total. The third-order valence-corrected chi connectivity index (χ3v) is 6.25. The number of anilines is 1. The molecule has 1 heterocycles. The van der Waals surface area contributed by atoms with Crippen LogP contribution in [0.1, 0.15) is 28.8 Å². The summed E-state index contributed by atoms with van der Waals surface area (Å²) in [6.45, 7) is 0.431. The summed E-state index contributed by atoms with van der Waals surface area (Å²) in [4.78, 5) is 12.3. The van der Waals surface area contributed by atoms with Gasteiger partial charge in [0.2, 0.25) is 0 Å². The predicted molar refractivity (Wildman–Crippen MR) is 91.6 cm³/mol. The van der Waals surface area contributed by atoms with E-state index in [-0.39, 0.29) is 16.8 Å². The van der Waals surface area contributed by atoms with Crippen molar-refractivity contribution in [1.29, 1.82) is 0 Å². The lowest BCUT2D eigenvalue weighted by Crippen LogP contribution is -2.30. The predicted octanol–water partition coefficient (Wildman–Crippen LogP) is 2.33. The van der Waals surface area contributed by atoms with Gasteiger partial charge >= 0.3 is 0 Å². The van der Waals surface area contributed by atoms with E-state index in [4.69, 9.17) is 0 Å². The zero-order valence-corrected chi connectivity index (χ0v) is 13.9. The van der Waals surface area contributed by atoms with E-state index >= 15 is 0 Å². The second-order valence-corrected chi connectivity index (χ2v) is 8.09. The second-order valence-electron chi connectivity index (χ2n) is 6.23. The molecule has 2 aliphatic rings. The van der Waals surface area contributed by atoms with E-state index in [0.717, 1.165) is 24.1 Å². The van der Waals surface area contributed by atoms with Crippen LogP contribution in [0.5, 0.6) is 0 Å². The molecule has 0 atom stereocenters. The number of amides is 1. The van der Waals surface area contributed by atoms with E-state index in [9.17, 15) is 13.2 Å². The number of carbonyl (C=O) groups excluding carboxylic acids is 1. The molecule has 24 heavy (non-hydrogen) atoms. The van der Waals surface area contributed by atoms with Crippen molar-refractivity contribution in [2.75, 3.05) is 10.8 Å². The number of benzene rings is 2. The third kappa shape index (κ3) is 2.67. The van der Waals surface area contributed by atoms with Gasteiger partial charge in [0.05, 0.1) is 10.6 Å². The molecule has 0 unspecified atom stereocenters. The minimum absolute atomic E-state index is 0.155. The molecular weight excluding hydrogens is 324 g/mol. The first kappa shape index (κ1) is 15.2. The Morgan fingerprint density at radius 1 is 1.08 bits per heavy atom. The van der Waals surface area contributed by atoms with Gasteiger partial charge in [0.1, 0.15) is 0 Å². The molecule has 5 nitrogen and oxygen atoms in total. The summed E-state index contributed by atoms with van der Waals surface area (Å²) in [5.41, 5.74) is 2.14. The molecule has 124 valence electrons. The fourth-order valence-electron chi connectivity index (χ4n) is 2.98. The van der Waals surface area contributed by atoms with Crippen molar-refractivity contribution in [2.24, 2.45) is 0 Å². The number of hydrogen-bond acceptors (Lipinski definition) is 3. The lowest BCUT2D eigenvalue weighted by Gasteiger charge is -2.20. The lowest BCUT2D eigenvalue weighted by molar-refractivity contribution is 0.0951. The highest BCUT2D eigenvalue weighted by Crippen LogP contribution is 2.32. The van der Waals surface area contributed by atoms with Crippen LogP contribution >= 0.6 is 0 Å². The van der Waals surface area contributed by atoms with Crippen LogP contribution in [0.3, 0.4) is 0 Å². The summed E-state index contributed by atoms with van der Waals surface area (Å²) in [6, 6.07) is 14.0. The number of nitrogens with zero attached hydrogens (tertiary/aromatic N) is 1. The second kappa shape index (κ2) is 5.63. The van der Waals surface area contributed by atoms with Crippen molar-refractivity contribution in [3.05, 3.63) is 59.7 Å². The molecule has 2 aromatic rings. The highest BCUT2D eigenvalue weighted by atomic mass is 32.2. The maximum atomic E-state index is 13.0. The average Bonchev–Trinajstić information content (AvgIpc) is 3.29. The molecule has 1 fully saturated rings. The van der Waals surface area contributed by atoms with E-state index in [1.54, 1.807) is 18.2 Å². The van der Waals surface area contributed by atoms with Gasteiger partial charge in [-0.2, -0.15) is 0 Å². The fraction of sp³-hybridized carbons (Fsp3) is 0.278. The normalized spacial score (nSPS) is 16.8. The standard InChI is InChI=1S/C18H18N2O3S/c21-18(19-15-8-9-15)14-5-3-6-16(12-14)24(22,23)20-11-10-13-4-1-2-7-17(13)20/h1-7,12,15H,8-11H2,(H,19,21). The number of hydrogen-bond donors (Lipinski definition) is 1. The van der Waals surface area contributed by atoms with Gasteiger partial charge in [-0.15, -0.1) is 0 Å². The van der Waals surface area contributed by atoms with Crippen LogP contribution in [-0.4, -0.2) is 26.9 Å². The Bertz CT molecular complexity index is 904. The van der Waals surface area contributed by atoms with Crippen LogP contribution in [-0.2, 0) is 16.4 Å². The minimum atomic E-state index is -3.67. The molecule has 0 saturated heterocycles. The van der Waals surface area contributed by atoms with Gasteiger partial charge in [-0.3, -0.25) is 9.10 Å². The Kier molecular flexibility index (Phi) is 3.57. The molecule has 0 radical (unpaired) electrons. The Morgan fingerprint density at radius 2 is 1.88 bits per heavy atom. The molecule has 1 amide bonds. The van der Waals surface area contributed by atoms with Crippen molar-refractivity contribution in [1.82, 2.24) is 5.32 Å². The van der Waals surface area contributed by atoms with E-state index in [1.165, 1.54) is 10.4 Å². The van der Waals surface area contributed by atoms with Crippen LogP contribution in [0.2, 0.25) is 0 Å². The van der Waals surface area contributed by atoms with Gasteiger partial charge in [0, 0.05) is 18.2 Å². The molecular formula is C18H18N2O3S. The molecule has 0 bridgehead atoms. The number of fused-ring (bicyclic) bond motifs is 1. The largest absolute Gasteiger partial charge is 0.349 e. The monoisotopic (exact) mass is 342 g/mol. The molecule has 0 spiro atoms. The zero-order valence-electron chi connectivity index (χ0n) is 13.1. The number of carbonyl (C=O) groups is 1.